The lowest BCUT2D eigenvalue weighted by Crippen LogP contribution is -2.14. The summed E-state index contributed by atoms with van der Waals surface area (Å²) < 4.78 is 16.7. The fraction of sp³-hybridized carbons (Fsp3) is 0.280. The van der Waals surface area contributed by atoms with Gasteiger partial charge in [0.2, 0.25) is 0 Å². The summed E-state index contributed by atoms with van der Waals surface area (Å²) in [6.45, 7) is 5.37. The van der Waals surface area contributed by atoms with Gasteiger partial charge < -0.3 is 25.5 Å². The van der Waals surface area contributed by atoms with E-state index in [1.165, 1.54) is 0 Å². The Morgan fingerprint density at radius 2 is 1.84 bits per heavy atom. The minimum Gasteiger partial charge on any atom is -0.396 e. The van der Waals surface area contributed by atoms with Crippen molar-refractivity contribution in [1.82, 2.24) is 10.1 Å². The van der Waals surface area contributed by atoms with E-state index in [2.05, 4.69) is 28.3 Å². The van der Waals surface area contributed by atoms with Crippen molar-refractivity contribution in [3.63, 3.8) is 0 Å². The molecule has 7 heteroatoms. The Morgan fingerprint density at radius 1 is 1.06 bits per heavy atom. The van der Waals surface area contributed by atoms with Crippen molar-refractivity contribution >= 4 is 22.3 Å². The van der Waals surface area contributed by atoms with Crippen molar-refractivity contribution in [2.45, 2.75) is 19.8 Å². The molecule has 2 heterocycles. The molecule has 4 rings (SSSR count). The molecule has 0 unspecified atom stereocenters. The highest BCUT2D eigenvalue weighted by Crippen LogP contribution is 2.40. The molecule has 166 valence electrons. The van der Waals surface area contributed by atoms with E-state index in [-0.39, 0.29) is 5.92 Å². The largest absolute Gasteiger partial charge is 0.396 e. The quantitative estimate of drug-likeness (QED) is 0.395. The molecule has 2 aromatic heterocycles. The molecule has 7 nitrogen and oxygen atoms in total. The third-order valence-electron chi connectivity index (χ3n) is 5.71. The van der Waals surface area contributed by atoms with Gasteiger partial charge in [0.15, 0.2) is 0 Å². The molecule has 0 spiro atoms. The molecule has 4 N–H and O–H groups in total. The van der Waals surface area contributed by atoms with Crippen LogP contribution < -0.4 is 11.5 Å². The highest BCUT2D eigenvalue weighted by Gasteiger charge is 2.24. The van der Waals surface area contributed by atoms with Gasteiger partial charge in [0.05, 0.1) is 48.6 Å². The summed E-state index contributed by atoms with van der Waals surface area (Å²) in [6.07, 6.45) is 1.59. The Morgan fingerprint density at radius 3 is 2.53 bits per heavy atom. The molecule has 0 bridgehead atoms. The van der Waals surface area contributed by atoms with Crippen molar-refractivity contribution in [1.29, 1.82) is 0 Å². The molecule has 0 saturated carbocycles. The van der Waals surface area contributed by atoms with Crippen LogP contribution in [-0.2, 0) is 9.47 Å². The van der Waals surface area contributed by atoms with Crippen LogP contribution in [0.15, 0.2) is 53.2 Å². The van der Waals surface area contributed by atoms with Gasteiger partial charge >= 0.3 is 0 Å². The fourth-order valence-electron chi connectivity index (χ4n) is 4.06. The molecular formula is C25H28N4O3. The summed E-state index contributed by atoms with van der Waals surface area (Å²) in [4.78, 5) is 4.53. The topological polar surface area (TPSA) is 109 Å². The van der Waals surface area contributed by atoms with E-state index in [1.807, 2.05) is 38.1 Å². The first-order valence-corrected chi connectivity index (χ1v) is 10.5. The zero-order valence-corrected chi connectivity index (χ0v) is 18.6. The smallest absolute Gasteiger partial charge is 0.141 e. The van der Waals surface area contributed by atoms with Crippen LogP contribution in [0.1, 0.15) is 28.5 Å². The number of methoxy groups -OCH3 is 1. The summed E-state index contributed by atoms with van der Waals surface area (Å²) >= 11 is 0. The van der Waals surface area contributed by atoms with Crippen LogP contribution in [0.3, 0.4) is 0 Å². The van der Waals surface area contributed by atoms with Crippen LogP contribution >= 0.6 is 0 Å². The number of pyridine rings is 1. The number of aromatic nitrogens is 2. The monoisotopic (exact) mass is 432 g/mol. The van der Waals surface area contributed by atoms with Gasteiger partial charge in [0.1, 0.15) is 5.76 Å². The number of aryl methyl sites for hydroxylation is 2. The highest BCUT2D eigenvalue weighted by atomic mass is 16.5. The van der Waals surface area contributed by atoms with Crippen LogP contribution in [-0.4, -0.2) is 37.1 Å². The van der Waals surface area contributed by atoms with Gasteiger partial charge in [-0.25, -0.2) is 0 Å². The predicted octanol–water partition coefficient (Wildman–Crippen LogP) is 4.47. The third-order valence-corrected chi connectivity index (χ3v) is 5.71. The van der Waals surface area contributed by atoms with Crippen molar-refractivity contribution in [2.24, 2.45) is 0 Å². The number of nitrogen functional groups attached to an aromatic ring is 2. The Bertz CT molecular complexity index is 1200. The zero-order chi connectivity index (χ0) is 22.7. The van der Waals surface area contributed by atoms with Crippen molar-refractivity contribution in [2.75, 3.05) is 38.4 Å². The molecule has 4 aromatic rings. The lowest BCUT2D eigenvalue weighted by atomic mass is 9.84. The first kappa shape index (κ1) is 21.8. The Labute approximate surface area is 187 Å². The van der Waals surface area contributed by atoms with Crippen LogP contribution in [0.5, 0.6) is 0 Å². The molecular weight excluding hydrogens is 404 g/mol. The second-order valence-electron chi connectivity index (χ2n) is 7.81. The number of benzene rings is 2. The van der Waals surface area contributed by atoms with Gasteiger partial charge in [-0.3, -0.25) is 4.98 Å². The minimum atomic E-state index is -0.0537. The van der Waals surface area contributed by atoms with Gasteiger partial charge in [-0.2, -0.15) is 0 Å². The van der Waals surface area contributed by atoms with E-state index in [1.54, 1.807) is 13.3 Å². The molecule has 0 aliphatic carbocycles. The number of anilines is 2. The molecule has 0 aliphatic heterocycles. The number of fused-ring (bicyclic) bond motifs is 1. The van der Waals surface area contributed by atoms with E-state index in [4.69, 9.17) is 25.5 Å². The highest BCUT2D eigenvalue weighted by molar-refractivity contribution is 5.99. The van der Waals surface area contributed by atoms with Crippen molar-refractivity contribution < 1.29 is 14.0 Å². The zero-order valence-electron chi connectivity index (χ0n) is 18.6. The number of hydrogen-bond acceptors (Lipinski definition) is 7. The molecule has 2 aromatic carbocycles. The molecule has 0 amide bonds. The second kappa shape index (κ2) is 9.38. The summed E-state index contributed by atoms with van der Waals surface area (Å²) in [5.41, 5.74) is 19.1. The van der Waals surface area contributed by atoms with Crippen LogP contribution in [0.4, 0.5) is 11.4 Å². The van der Waals surface area contributed by atoms with Gasteiger partial charge in [0.25, 0.3) is 0 Å². The molecule has 0 fully saturated rings. The molecule has 0 radical (unpaired) electrons. The average molecular weight is 433 g/mol. The fourth-order valence-corrected chi connectivity index (χ4v) is 4.06. The first-order valence-electron chi connectivity index (χ1n) is 10.5. The lowest BCUT2D eigenvalue weighted by Gasteiger charge is -2.23. The third kappa shape index (κ3) is 4.17. The second-order valence-corrected chi connectivity index (χ2v) is 7.81. The minimum absolute atomic E-state index is 0.0537. The number of nitrogens with two attached hydrogens (primary N) is 2. The standard InChI is InChI=1S/C25H28N4O3/c1-15-24(16(2)32-29-15)19-12-23-20(25(27)22(26)13-28-23)11-18(19)21(14-31-10-9-30-3)17-7-5-4-6-8-17/h4-8,11-13,21H,9-10,14,26H2,1-3H3,(H2,27,28)/t21-/m1/s1. The van der Waals surface area contributed by atoms with Crippen LogP contribution in [0, 0.1) is 13.8 Å². The molecule has 0 aliphatic rings. The van der Waals surface area contributed by atoms with E-state index in [0.717, 1.165) is 44.6 Å². The maximum absolute atomic E-state index is 6.35. The predicted molar refractivity (Wildman–Crippen MR) is 127 cm³/mol. The number of rotatable bonds is 8. The van der Waals surface area contributed by atoms with E-state index < -0.39 is 0 Å². The average Bonchev–Trinajstić information content (AvgIpc) is 3.14. The lowest BCUT2D eigenvalue weighted by molar-refractivity contribution is 0.0670. The van der Waals surface area contributed by atoms with E-state index in [9.17, 15) is 0 Å². The number of nitrogens with zero attached hydrogens (tertiary/aromatic N) is 2. The Balaban J connectivity index is 1.95. The van der Waals surface area contributed by atoms with Crippen LogP contribution in [0.25, 0.3) is 22.0 Å². The van der Waals surface area contributed by atoms with Crippen molar-refractivity contribution in [3.8, 4) is 11.1 Å². The molecule has 0 saturated heterocycles. The van der Waals surface area contributed by atoms with E-state index >= 15 is 0 Å². The van der Waals surface area contributed by atoms with Gasteiger partial charge in [-0.05, 0) is 42.7 Å². The maximum Gasteiger partial charge on any atom is 0.141 e. The summed E-state index contributed by atoms with van der Waals surface area (Å²) in [5.74, 6) is 0.695. The Hall–Kier alpha value is -3.42. The first-order chi connectivity index (χ1) is 15.5. The maximum atomic E-state index is 6.35. The molecule has 32 heavy (non-hydrogen) atoms. The summed E-state index contributed by atoms with van der Waals surface area (Å²) in [5, 5.41) is 4.99. The van der Waals surface area contributed by atoms with Gasteiger partial charge in [-0.15, -0.1) is 0 Å². The summed E-state index contributed by atoms with van der Waals surface area (Å²) in [7, 11) is 1.66. The molecule has 1 atom stereocenters. The normalized spacial score (nSPS) is 12.3. The van der Waals surface area contributed by atoms with Crippen LogP contribution in [0.2, 0.25) is 0 Å². The Kier molecular flexibility index (Phi) is 6.39. The van der Waals surface area contributed by atoms with Gasteiger partial charge in [-0.1, -0.05) is 35.5 Å². The van der Waals surface area contributed by atoms with E-state index in [0.29, 0.717) is 31.2 Å². The number of hydrogen-bond donors (Lipinski definition) is 2. The summed E-state index contributed by atoms with van der Waals surface area (Å²) in [6, 6.07) is 14.4. The SMILES string of the molecule is COCCOC[C@H](c1ccccc1)c1cc2c(N)c(N)cnc2cc1-c1c(C)noc1C. The van der Waals surface area contributed by atoms with Crippen molar-refractivity contribution in [3.05, 3.63) is 71.2 Å². The van der Waals surface area contributed by atoms with Gasteiger partial charge in [0, 0.05) is 24.0 Å². The number of ether oxygens (including phenoxy) is 2.